The number of fused-ring (bicyclic) bond motifs is 2. The van der Waals surface area contributed by atoms with Gasteiger partial charge in [0.2, 0.25) is 0 Å². The van der Waals surface area contributed by atoms with Gasteiger partial charge in [0.15, 0.2) is 0 Å². The second-order valence-electron chi connectivity index (χ2n) is 8.67. The van der Waals surface area contributed by atoms with Crippen LogP contribution < -0.4 is 21.8 Å². The molecule has 2 amide bonds. The van der Waals surface area contributed by atoms with E-state index in [2.05, 4.69) is 34.9 Å². The van der Waals surface area contributed by atoms with Crippen molar-refractivity contribution in [2.75, 3.05) is 6.54 Å². The van der Waals surface area contributed by atoms with Gasteiger partial charge in [-0.1, -0.05) is 42.8 Å². The maximum Gasteiger partial charge on any atom is 0.267 e. The minimum atomic E-state index is -0.988. The van der Waals surface area contributed by atoms with Crippen LogP contribution >= 0.6 is 0 Å². The number of hydrogen-bond acceptors (Lipinski definition) is 5. The highest BCUT2D eigenvalue weighted by molar-refractivity contribution is 5.97. The van der Waals surface area contributed by atoms with E-state index in [9.17, 15) is 9.59 Å². The predicted molar refractivity (Wildman–Crippen MR) is 118 cm³/mol. The van der Waals surface area contributed by atoms with Crippen molar-refractivity contribution in [3.8, 4) is 11.1 Å². The summed E-state index contributed by atoms with van der Waals surface area (Å²) < 4.78 is 0. The van der Waals surface area contributed by atoms with Crippen LogP contribution in [0.4, 0.5) is 0 Å². The van der Waals surface area contributed by atoms with E-state index in [0.29, 0.717) is 11.6 Å². The van der Waals surface area contributed by atoms with Gasteiger partial charge in [0.1, 0.15) is 6.04 Å². The SMILES string of the molecule is NC[C@H](NC(=O)c1ccc(-c2ccc(CN[C@@H]3C[C@H]4CC[C@@H]3C4)cc2)cc1)C(=O)NO. The lowest BCUT2D eigenvalue weighted by atomic mass is 9.95. The summed E-state index contributed by atoms with van der Waals surface area (Å²) in [5.41, 5.74) is 10.7. The molecule has 4 rings (SSSR count). The number of carbonyl (C=O) groups excluding carboxylic acids is 2. The Hall–Kier alpha value is -2.74. The molecule has 0 unspecified atom stereocenters. The highest BCUT2D eigenvalue weighted by atomic mass is 16.5. The summed E-state index contributed by atoms with van der Waals surface area (Å²) in [5.74, 6) is 0.649. The van der Waals surface area contributed by atoms with E-state index in [4.69, 9.17) is 10.9 Å². The third kappa shape index (κ3) is 4.95. The van der Waals surface area contributed by atoms with E-state index >= 15 is 0 Å². The molecular weight excluding hydrogens is 392 g/mol. The van der Waals surface area contributed by atoms with Crippen molar-refractivity contribution in [1.29, 1.82) is 0 Å². The Morgan fingerprint density at radius 3 is 2.23 bits per heavy atom. The Labute approximate surface area is 182 Å². The molecule has 4 atom stereocenters. The van der Waals surface area contributed by atoms with Crippen molar-refractivity contribution in [1.82, 2.24) is 16.1 Å². The normalized spacial score (nSPS) is 22.8. The molecule has 0 saturated heterocycles. The van der Waals surface area contributed by atoms with Crippen molar-refractivity contribution in [2.24, 2.45) is 17.6 Å². The number of nitrogens with two attached hydrogens (primary N) is 1. The maximum atomic E-state index is 12.3. The number of carbonyl (C=O) groups is 2. The highest BCUT2D eigenvalue weighted by Gasteiger charge is 2.38. The van der Waals surface area contributed by atoms with Crippen LogP contribution in [-0.4, -0.2) is 35.7 Å². The molecule has 2 aliphatic rings. The zero-order valence-corrected chi connectivity index (χ0v) is 17.5. The minimum Gasteiger partial charge on any atom is -0.339 e. The Morgan fingerprint density at radius 1 is 1.00 bits per heavy atom. The molecule has 0 radical (unpaired) electrons. The average molecular weight is 423 g/mol. The summed E-state index contributed by atoms with van der Waals surface area (Å²) in [5, 5.41) is 15.0. The van der Waals surface area contributed by atoms with Gasteiger partial charge < -0.3 is 16.4 Å². The molecule has 6 N–H and O–H groups in total. The zero-order chi connectivity index (χ0) is 21.8. The van der Waals surface area contributed by atoms with Crippen LogP contribution in [0, 0.1) is 11.8 Å². The Kier molecular flexibility index (Phi) is 6.65. The Balaban J connectivity index is 1.33. The lowest BCUT2D eigenvalue weighted by Gasteiger charge is -2.23. The first-order valence-electron chi connectivity index (χ1n) is 10.9. The number of hydroxylamine groups is 1. The summed E-state index contributed by atoms with van der Waals surface area (Å²) in [7, 11) is 0. The highest BCUT2D eigenvalue weighted by Crippen LogP contribution is 2.44. The standard InChI is InChI=1S/C24H30N4O3/c25-13-22(24(30)28-31)27-23(29)19-9-7-18(8-10-19)17-4-1-15(2-5-17)14-26-21-12-16-3-6-20(21)11-16/h1-2,4-5,7-10,16,20-22,26,31H,3,6,11-14,25H2,(H,27,29)(H,28,30)/t16-,20+,21+,22-/m0/s1. The summed E-state index contributed by atoms with van der Waals surface area (Å²) in [6, 6.07) is 15.4. The van der Waals surface area contributed by atoms with Crippen LogP contribution in [-0.2, 0) is 11.3 Å². The summed E-state index contributed by atoms with van der Waals surface area (Å²) in [4.78, 5) is 23.8. The van der Waals surface area contributed by atoms with Gasteiger partial charge in [-0.25, -0.2) is 5.48 Å². The molecule has 2 aliphatic carbocycles. The molecule has 0 spiro atoms. The monoisotopic (exact) mass is 422 g/mol. The molecule has 2 saturated carbocycles. The van der Waals surface area contributed by atoms with Gasteiger partial charge in [-0.15, -0.1) is 0 Å². The smallest absolute Gasteiger partial charge is 0.267 e. The molecule has 2 bridgehead atoms. The van der Waals surface area contributed by atoms with Crippen molar-refractivity contribution in [3.63, 3.8) is 0 Å². The molecule has 2 aromatic carbocycles. The van der Waals surface area contributed by atoms with Crippen molar-refractivity contribution < 1.29 is 14.8 Å². The van der Waals surface area contributed by atoms with Crippen molar-refractivity contribution in [3.05, 3.63) is 59.7 Å². The molecular formula is C24H30N4O3. The molecule has 7 nitrogen and oxygen atoms in total. The van der Waals surface area contributed by atoms with Gasteiger partial charge in [-0.3, -0.25) is 14.8 Å². The van der Waals surface area contributed by atoms with E-state index in [1.54, 1.807) is 12.1 Å². The maximum absolute atomic E-state index is 12.3. The van der Waals surface area contributed by atoms with Gasteiger partial charge in [0, 0.05) is 24.7 Å². The van der Waals surface area contributed by atoms with Crippen LogP contribution in [0.25, 0.3) is 11.1 Å². The van der Waals surface area contributed by atoms with Crippen molar-refractivity contribution in [2.45, 2.75) is 44.3 Å². The van der Waals surface area contributed by atoms with Crippen molar-refractivity contribution >= 4 is 11.8 Å². The molecule has 164 valence electrons. The third-order valence-corrected chi connectivity index (χ3v) is 6.71. The van der Waals surface area contributed by atoms with Gasteiger partial charge in [-0.2, -0.15) is 0 Å². The van der Waals surface area contributed by atoms with E-state index in [1.165, 1.54) is 36.7 Å². The fraction of sp³-hybridized carbons (Fsp3) is 0.417. The lowest BCUT2D eigenvalue weighted by molar-refractivity contribution is -0.130. The van der Waals surface area contributed by atoms with E-state index < -0.39 is 17.9 Å². The number of hydrogen-bond donors (Lipinski definition) is 5. The fourth-order valence-corrected chi connectivity index (χ4v) is 4.92. The average Bonchev–Trinajstić information content (AvgIpc) is 3.44. The largest absolute Gasteiger partial charge is 0.339 e. The van der Waals surface area contributed by atoms with Gasteiger partial charge in [0.25, 0.3) is 11.8 Å². The number of nitrogens with one attached hydrogen (secondary N) is 3. The first-order chi connectivity index (χ1) is 15.1. The van der Waals surface area contributed by atoms with Crippen LogP contribution in [0.1, 0.15) is 41.6 Å². The topological polar surface area (TPSA) is 116 Å². The molecule has 2 aromatic rings. The van der Waals surface area contributed by atoms with E-state index in [0.717, 1.165) is 29.5 Å². The molecule has 0 aromatic heterocycles. The van der Waals surface area contributed by atoms with Crippen LogP contribution in [0.5, 0.6) is 0 Å². The second kappa shape index (κ2) is 9.60. The van der Waals surface area contributed by atoms with Gasteiger partial charge in [-0.05, 0) is 59.9 Å². The van der Waals surface area contributed by atoms with E-state index in [-0.39, 0.29) is 6.54 Å². The Morgan fingerprint density at radius 2 is 1.68 bits per heavy atom. The van der Waals surface area contributed by atoms with Crippen LogP contribution in [0.2, 0.25) is 0 Å². The molecule has 31 heavy (non-hydrogen) atoms. The van der Waals surface area contributed by atoms with Crippen LogP contribution in [0.15, 0.2) is 48.5 Å². The molecule has 2 fully saturated rings. The summed E-state index contributed by atoms with van der Waals surface area (Å²) >= 11 is 0. The van der Waals surface area contributed by atoms with E-state index in [1.807, 2.05) is 12.1 Å². The Bertz CT molecular complexity index is 913. The minimum absolute atomic E-state index is 0.112. The van der Waals surface area contributed by atoms with Gasteiger partial charge >= 0.3 is 0 Å². The number of amides is 2. The molecule has 0 aliphatic heterocycles. The summed E-state index contributed by atoms with van der Waals surface area (Å²) in [6.45, 7) is 0.788. The zero-order valence-electron chi connectivity index (χ0n) is 17.5. The number of rotatable bonds is 8. The quantitative estimate of drug-likeness (QED) is 0.330. The third-order valence-electron chi connectivity index (χ3n) is 6.71. The number of benzene rings is 2. The fourth-order valence-electron chi connectivity index (χ4n) is 4.92. The first kappa shape index (κ1) is 21.5. The molecule has 7 heteroatoms. The van der Waals surface area contributed by atoms with Crippen LogP contribution in [0.3, 0.4) is 0 Å². The first-order valence-corrected chi connectivity index (χ1v) is 10.9. The lowest BCUT2D eigenvalue weighted by Crippen LogP contribution is -2.50. The molecule has 0 heterocycles. The summed E-state index contributed by atoms with van der Waals surface area (Å²) in [6.07, 6.45) is 5.55. The van der Waals surface area contributed by atoms with Gasteiger partial charge in [0.05, 0.1) is 0 Å². The second-order valence-corrected chi connectivity index (χ2v) is 8.67. The predicted octanol–water partition coefficient (Wildman–Crippen LogP) is 2.19.